The van der Waals surface area contributed by atoms with Gasteiger partial charge in [-0.25, -0.2) is 8.78 Å². The second kappa shape index (κ2) is 8.23. The summed E-state index contributed by atoms with van der Waals surface area (Å²) in [5.74, 6) is 0.168. The van der Waals surface area contributed by atoms with Gasteiger partial charge in [-0.05, 0) is 24.3 Å². The molecule has 2 rings (SSSR count). The Kier molecular flexibility index (Phi) is 6.97. The standard InChI is InChI=1S/C13H18F2N4.HI/c14-5-6-17-13(16)19-9-7-18(8-10-19)12-3-1-11(15)2-4-12;/h1-4H,5-10H2,(H2,16,17);1H. The molecule has 0 bridgehead atoms. The molecule has 0 unspecified atom stereocenters. The van der Waals surface area contributed by atoms with E-state index in [1.54, 1.807) is 12.1 Å². The molecule has 1 aliphatic rings. The van der Waals surface area contributed by atoms with Crippen LogP contribution in [0.15, 0.2) is 29.3 Å². The Balaban J connectivity index is 0.00000200. The molecular formula is C13H19F2IN4. The van der Waals surface area contributed by atoms with Crippen molar-refractivity contribution in [1.29, 1.82) is 0 Å². The maximum Gasteiger partial charge on any atom is 0.191 e. The maximum absolute atomic E-state index is 12.9. The highest BCUT2D eigenvalue weighted by Crippen LogP contribution is 2.16. The smallest absolute Gasteiger partial charge is 0.191 e. The van der Waals surface area contributed by atoms with Gasteiger partial charge < -0.3 is 15.5 Å². The van der Waals surface area contributed by atoms with Crippen molar-refractivity contribution in [3.05, 3.63) is 30.1 Å². The molecule has 0 radical (unpaired) electrons. The van der Waals surface area contributed by atoms with Gasteiger partial charge in [-0.2, -0.15) is 0 Å². The van der Waals surface area contributed by atoms with Crippen molar-refractivity contribution >= 4 is 35.6 Å². The minimum absolute atomic E-state index is 0. The highest BCUT2D eigenvalue weighted by atomic mass is 127. The van der Waals surface area contributed by atoms with Crippen LogP contribution >= 0.6 is 24.0 Å². The molecule has 2 N–H and O–H groups in total. The molecule has 0 aliphatic carbocycles. The summed E-state index contributed by atoms with van der Waals surface area (Å²) in [6, 6.07) is 6.45. The summed E-state index contributed by atoms with van der Waals surface area (Å²) < 4.78 is 24.9. The number of nitrogens with zero attached hydrogens (tertiary/aromatic N) is 3. The number of guanidine groups is 1. The van der Waals surface area contributed by atoms with Crippen LogP contribution in [0, 0.1) is 5.82 Å². The van der Waals surface area contributed by atoms with Gasteiger partial charge in [-0.1, -0.05) is 0 Å². The lowest BCUT2D eigenvalue weighted by Crippen LogP contribution is -2.51. The summed E-state index contributed by atoms with van der Waals surface area (Å²) in [5, 5.41) is 0. The molecule has 0 spiro atoms. The third-order valence-electron chi connectivity index (χ3n) is 3.15. The fourth-order valence-electron chi connectivity index (χ4n) is 2.10. The van der Waals surface area contributed by atoms with E-state index in [2.05, 4.69) is 9.89 Å². The second-order valence-corrected chi connectivity index (χ2v) is 4.38. The van der Waals surface area contributed by atoms with Crippen molar-refractivity contribution in [3.8, 4) is 0 Å². The van der Waals surface area contributed by atoms with Crippen molar-refractivity contribution < 1.29 is 8.78 Å². The molecule has 112 valence electrons. The molecule has 0 atom stereocenters. The van der Waals surface area contributed by atoms with Gasteiger partial charge in [0.25, 0.3) is 0 Å². The van der Waals surface area contributed by atoms with Gasteiger partial charge in [-0.15, -0.1) is 24.0 Å². The van der Waals surface area contributed by atoms with Gasteiger partial charge in [0.15, 0.2) is 5.96 Å². The molecule has 0 aromatic heterocycles. The number of rotatable bonds is 3. The minimum atomic E-state index is -0.490. The first kappa shape index (κ1) is 16.9. The number of benzene rings is 1. The molecule has 7 heteroatoms. The fourth-order valence-corrected chi connectivity index (χ4v) is 2.10. The molecule has 20 heavy (non-hydrogen) atoms. The zero-order valence-corrected chi connectivity index (χ0v) is 13.5. The predicted octanol–water partition coefficient (Wildman–Crippen LogP) is 1.85. The van der Waals surface area contributed by atoms with E-state index < -0.39 is 6.67 Å². The summed E-state index contributed by atoms with van der Waals surface area (Å²) in [6.07, 6.45) is 0. The van der Waals surface area contributed by atoms with E-state index in [0.29, 0.717) is 5.96 Å². The molecule has 1 aromatic carbocycles. The number of hydrogen-bond donors (Lipinski definition) is 1. The lowest BCUT2D eigenvalue weighted by molar-refractivity contribution is 0.379. The molecule has 1 heterocycles. The Morgan fingerprint density at radius 3 is 2.30 bits per heavy atom. The van der Waals surface area contributed by atoms with E-state index in [1.807, 2.05) is 4.90 Å². The van der Waals surface area contributed by atoms with E-state index in [1.165, 1.54) is 12.1 Å². The number of aliphatic imine (C=N–C) groups is 1. The highest BCUT2D eigenvalue weighted by Gasteiger charge is 2.18. The van der Waals surface area contributed by atoms with E-state index in [9.17, 15) is 8.78 Å². The van der Waals surface area contributed by atoms with Crippen LogP contribution in [0.25, 0.3) is 0 Å². The molecular weight excluding hydrogens is 377 g/mol. The van der Waals surface area contributed by atoms with Crippen LogP contribution in [0.4, 0.5) is 14.5 Å². The van der Waals surface area contributed by atoms with E-state index >= 15 is 0 Å². The quantitative estimate of drug-likeness (QED) is 0.482. The summed E-state index contributed by atoms with van der Waals surface area (Å²) in [4.78, 5) is 8.06. The first-order chi connectivity index (χ1) is 9.20. The summed E-state index contributed by atoms with van der Waals surface area (Å²) in [7, 11) is 0. The van der Waals surface area contributed by atoms with Crippen molar-refractivity contribution in [2.24, 2.45) is 10.7 Å². The number of halogens is 3. The number of nitrogens with two attached hydrogens (primary N) is 1. The lowest BCUT2D eigenvalue weighted by Gasteiger charge is -2.36. The average Bonchev–Trinajstić information content (AvgIpc) is 2.46. The van der Waals surface area contributed by atoms with Gasteiger partial charge >= 0.3 is 0 Å². The van der Waals surface area contributed by atoms with E-state index in [4.69, 9.17) is 5.73 Å². The Bertz CT molecular complexity index is 431. The summed E-state index contributed by atoms with van der Waals surface area (Å²) in [6.45, 7) is 2.67. The second-order valence-electron chi connectivity index (χ2n) is 4.38. The third-order valence-corrected chi connectivity index (χ3v) is 3.15. The topological polar surface area (TPSA) is 44.9 Å². The molecule has 4 nitrogen and oxygen atoms in total. The van der Waals surface area contributed by atoms with Crippen LogP contribution in [0.3, 0.4) is 0 Å². The SMILES string of the molecule is I.NC(=NCCF)N1CCN(c2ccc(F)cc2)CC1. The number of alkyl halides is 1. The lowest BCUT2D eigenvalue weighted by atomic mass is 10.2. The largest absolute Gasteiger partial charge is 0.370 e. The Hall–Kier alpha value is -1.12. The molecule has 1 saturated heterocycles. The van der Waals surface area contributed by atoms with Gasteiger partial charge in [0, 0.05) is 31.9 Å². The van der Waals surface area contributed by atoms with E-state index in [-0.39, 0.29) is 36.3 Å². The zero-order chi connectivity index (χ0) is 13.7. The molecule has 0 amide bonds. The van der Waals surface area contributed by atoms with Crippen molar-refractivity contribution in [1.82, 2.24) is 4.90 Å². The van der Waals surface area contributed by atoms with Crippen LogP contribution in [-0.4, -0.2) is 50.3 Å². The van der Waals surface area contributed by atoms with Crippen LogP contribution in [0.5, 0.6) is 0 Å². The predicted molar refractivity (Wildman–Crippen MR) is 88.1 cm³/mol. The van der Waals surface area contributed by atoms with Crippen molar-refractivity contribution in [2.45, 2.75) is 0 Å². The molecule has 1 fully saturated rings. The number of anilines is 1. The average molecular weight is 396 g/mol. The van der Waals surface area contributed by atoms with Crippen LogP contribution < -0.4 is 10.6 Å². The van der Waals surface area contributed by atoms with Crippen LogP contribution in [0.2, 0.25) is 0 Å². The monoisotopic (exact) mass is 396 g/mol. The first-order valence-corrected chi connectivity index (χ1v) is 6.32. The van der Waals surface area contributed by atoms with Gasteiger partial charge in [-0.3, -0.25) is 4.99 Å². The Morgan fingerprint density at radius 2 is 1.75 bits per heavy atom. The number of hydrogen-bond acceptors (Lipinski definition) is 2. The third kappa shape index (κ3) is 4.46. The minimum Gasteiger partial charge on any atom is -0.370 e. The van der Waals surface area contributed by atoms with Gasteiger partial charge in [0.1, 0.15) is 12.5 Å². The molecule has 1 aliphatic heterocycles. The van der Waals surface area contributed by atoms with Crippen LogP contribution in [0.1, 0.15) is 0 Å². The van der Waals surface area contributed by atoms with Crippen LogP contribution in [-0.2, 0) is 0 Å². The first-order valence-electron chi connectivity index (χ1n) is 6.32. The molecule has 0 saturated carbocycles. The summed E-state index contributed by atoms with van der Waals surface area (Å²) in [5.41, 5.74) is 6.78. The normalized spacial score (nSPS) is 16.0. The molecule has 1 aromatic rings. The Labute approximate surface area is 134 Å². The summed E-state index contributed by atoms with van der Waals surface area (Å²) >= 11 is 0. The van der Waals surface area contributed by atoms with Crippen molar-refractivity contribution in [2.75, 3.05) is 44.3 Å². The fraction of sp³-hybridized carbons (Fsp3) is 0.462. The maximum atomic E-state index is 12.9. The Morgan fingerprint density at radius 1 is 1.15 bits per heavy atom. The number of piperazine rings is 1. The highest BCUT2D eigenvalue weighted by molar-refractivity contribution is 14.0. The van der Waals surface area contributed by atoms with Gasteiger partial charge in [0.05, 0.1) is 6.54 Å². The van der Waals surface area contributed by atoms with Gasteiger partial charge in [0.2, 0.25) is 0 Å². The van der Waals surface area contributed by atoms with E-state index in [0.717, 1.165) is 31.9 Å². The zero-order valence-electron chi connectivity index (χ0n) is 11.1. The van der Waals surface area contributed by atoms with Crippen molar-refractivity contribution in [3.63, 3.8) is 0 Å².